The second-order valence-corrected chi connectivity index (χ2v) is 13.3. The van der Waals surface area contributed by atoms with E-state index < -0.39 is 16.9 Å². The molecule has 0 aliphatic carbocycles. The van der Waals surface area contributed by atoms with Gasteiger partial charge in [0.2, 0.25) is 0 Å². The molecule has 0 amide bonds. The maximum atomic E-state index is 14.5. The molecule has 3 heterocycles. The molecule has 0 N–H and O–H groups in total. The highest BCUT2D eigenvalue weighted by Gasteiger charge is 2.35. The van der Waals surface area contributed by atoms with Crippen LogP contribution in [0.15, 0.2) is 88.2 Å². The van der Waals surface area contributed by atoms with Crippen LogP contribution >= 0.6 is 11.3 Å². The first kappa shape index (κ1) is 32.9. The lowest BCUT2D eigenvalue weighted by Gasteiger charge is -2.33. The van der Waals surface area contributed by atoms with Crippen LogP contribution in [0.3, 0.4) is 0 Å². The molecular formula is C37H38N4O6S. The predicted octanol–water partition coefficient (Wildman–Crippen LogP) is 5.87. The molecule has 248 valence electrons. The number of non-ortho nitro benzene ring substituents is 1. The van der Waals surface area contributed by atoms with E-state index in [0.717, 1.165) is 31.6 Å². The van der Waals surface area contributed by atoms with Crippen molar-refractivity contribution in [3.05, 3.63) is 125 Å². The van der Waals surface area contributed by atoms with E-state index in [9.17, 15) is 19.7 Å². The zero-order chi connectivity index (χ0) is 33.9. The molecule has 1 fully saturated rings. The fraction of sp³-hybridized carbons (Fsp3) is 0.324. The maximum Gasteiger partial charge on any atom is 0.338 e. The topological polar surface area (TPSA) is 116 Å². The van der Waals surface area contributed by atoms with Crippen molar-refractivity contribution in [2.24, 2.45) is 10.9 Å². The Morgan fingerprint density at radius 2 is 1.79 bits per heavy atom. The Labute approximate surface area is 282 Å². The number of aromatic nitrogens is 1. The van der Waals surface area contributed by atoms with Gasteiger partial charge in [-0.3, -0.25) is 19.5 Å². The molecule has 10 nitrogen and oxygen atoms in total. The average Bonchev–Trinajstić information content (AvgIpc) is 3.39. The first-order valence-corrected chi connectivity index (χ1v) is 17.0. The average molecular weight is 667 g/mol. The SMILES string of the molecule is CCOC(=O)C1=C(c2ccccc2)N=c2s/c(=C\c3cc([N+](=O)[O-])ccc3N3CCC(C)CC3)c(=O)n2[C@@H]1c1ccc(OC(C)C)cc1. The van der Waals surface area contributed by atoms with Crippen molar-refractivity contribution in [3.8, 4) is 5.75 Å². The number of esters is 1. The number of rotatable bonds is 9. The normalized spacial score (nSPS) is 16.9. The summed E-state index contributed by atoms with van der Waals surface area (Å²) in [7, 11) is 0. The number of piperidine rings is 1. The fourth-order valence-electron chi connectivity index (χ4n) is 6.21. The van der Waals surface area contributed by atoms with Gasteiger partial charge in [-0.15, -0.1) is 0 Å². The van der Waals surface area contributed by atoms with Gasteiger partial charge in [-0.2, -0.15) is 0 Å². The molecule has 11 heteroatoms. The summed E-state index contributed by atoms with van der Waals surface area (Å²) in [6.45, 7) is 9.64. The largest absolute Gasteiger partial charge is 0.491 e. The molecule has 48 heavy (non-hydrogen) atoms. The Morgan fingerprint density at radius 3 is 2.44 bits per heavy atom. The quantitative estimate of drug-likeness (QED) is 0.125. The molecule has 3 aromatic carbocycles. The van der Waals surface area contributed by atoms with Crippen molar-refractivity contribution in [1.82, 2.24) is 4.57 Å². The third kappa shape index (κ3) is 6.68. The van der Waals surface area contributed by atoms with E-state index in [1.807, 2.05) is 68.4 Å². The molecule has 1 atom stereocenters. The van der Waals surface area contributed by atoms with Crippen molar-refractivity contribution in [1.29, 1.82) is 0 Å². The number of benzene rings is 3. The predicted molar refractivity (Wildman–Crippen MR) is 187 cm³/mol. The highest BCUT2D eigenvalue weighted by atomic mass is 32.1. The molecule has 6 rings (SSSR count). The lowest BCUT2D eigenvalue weighted by molar-refractivity contribution is -0.384. The Morgan fingerprint density at radius 1 is 1.08 bits per heavy atom. The first-order valence-electron chi connectivity index (χ1n) is 16.2. The number of hydrogen-bond donors (Lipinski definition) is 0. The number of fused-ring (bicyclic) bond motifs is 1. The number of nitrogens with zero attached hydrogens (tertiary/aromatic N) is 4. The number of nitro benzene ring substituents is 1. The highest BCUT2D eigenvalue weighted by Crippen LogP contribution is 2.36. The Kier molecular flexibility index (Phi) is 9.58. The number of carbonyl (C=O) groups is 1. The molecule has 2 aliphatic rings. The zero-order valence-corrected chi connectivity index (χ0v) is 28.2. The van der Waals surface area contributed by atoms with E-state index in [1.54, 1.807) is 19.1 Å². The van der Waals surface area contributed by atoms with E-state index in [0.29, 0.717) is 43.4 Å². The van der Waals surface area contributed by atoms with Crippen molar-refractivity contribution in [3.63, 3.8) is 0 Å². The fourth-order valence-corrected chi connectivity index (χ4v) is 7.20. The van der Waals surface area contributed by atoms with E-state index >= 15 is 0 Å². The minimum atomic E-state index is -0.848. The minimum Gasteiger partial charge on any atom is -0.491 e. The van der Waals surface area contributed by atoms with Crippen LogP contribution in [0.5, 0.6) is 5.75 Å². The summed E-state index contributed by atoms with van der Waals surface area (Å²) in [6, 6.07) is 20.7. The van der Waals surface area contributed by atoms with Gasteiger partial charge in [-0.1, -0.05) is 60.7 Å². The highest BCUT2D eigenvalue weighted by molar-refractivity contribution is 7.07. The van der Waals surface area contributed by atoms with Crippen LogP contribution in [0, 0.1) is 16.0 Å². The van der Waals surface area contributed by atoms with E-state index in [1.165, 1.54) is 28.0 Å². The Bertz CT molecular complexity index is 2040. The monoisotopic (exact) mass is 666 g/mol. The van der Waals surface area contributed by atoms with Gasteiger partial charge in [0.15, 0.2) is 4.80 Å². The summed E-state index contributed by atoms with van der Waals surface area (Å²) in [5.41, 5.74) is 3.08. The van der Waals surface area contributed by atoms with Crippen LogP contribution in [-0.4, -0.2) is 41.3 Å². The standard InChI is InChI=1S/C37H38N4O6S/c1-5-46-36(43)32-33(25-9-7-6-8-10-25)38-37-40(34(32)26-11-14-29(15-12-26)47-23(2)3)35(42)31(48-37)22-27-21-28(41(44)45)13-16-30(27)39-19-17-24(4)18-20-39/h6-16,21-24,34H,5,17-20H2,1-4H3/b31-22-/t34-/m1/s1. The number of thiazole rings is 1. The molecule has 1 saturated heterocycles. The lowest BCUT2D eigenvalue weighted by atomic mass is 9.93. The van der Waals surface area contributed by atoms with E-state index in [2.05, 4.69) is 11.8 Å². The van der Waals surface area contributed by atoms with Gasteiger partial charge in [0, 0.05) is 42.0 Å². The minimum absolute atomic E-state index is 0.0276. The molecule has 2 aliphatic heterocycles. The van der Waals surface area contributed by atoms with Gasteiger partial charge in [-0.05, 0) is 69.4 Å². The molecular weight excluding hydrogens is 628 g/mol. The maximum absolute atomic E-state index is 14.5. The van der Waals surface area contributed by atoms with Gasteiger partial charge in [0.25, 0.3) is 11.2 Å². The molecule has 0 saturated carbocycles. The molecule has 1 aromatic heterocycles. The molecule has 0 unspecified atom stereocenters. The van der Waals surface area contributed by atoms with Crippen molar-refractivity contribution in [2.45, 2.75) is 52.7 Å². The number of nitro groups is 1. The molecule has 0 bridgehead atoms. The van der Waals surface area contributed by atoms with Crippen LogP contribution in [0.2, 0.25) is 0 Å². The van der Waals surface area contributed by atoms with Crippen molar-refractivity contribution >= 4 is 40.5 Å². The van der Waals surface area contributed by atoms with Gasteiger partial charge >= 0.3 is 5.97 Å². The summed E-state index contributed by atoms with van der Waals surface area (Å²) in [6.07, 6.45) is 3.72. The van der Waals surface area contributed by atoms with Crippen LogP contribution in [-0.2, 0) is 9.53 Å². The molecule has 4 aromatic rings. The zero-order valence-electron chi connectivity index (χ0n) is 27.4. The van der Waals surface area contributed by atoms with E-state index in [-0.39, 0.29) is 29.5 Å². The van der Waals surface area contributed by atoms with E-state index in [4.69, 9.17) is 14.5 Å². The summed E-state index contributed by atoms with van der Waals surface area (Å²) in [5, 5.41) is 11.8. The second-order valence-electron chi connectivity index (χ2n) is 12.3. The summed E-state index contributed by atoms with van der Waals surface area (Å²) in [4.78, 5) is 47.2. The summed E-state index contributed by atoms with van der Waals surface area (Å²) < 4.78 is 13.3. The number of hydrogen-bond acceptors (Lipinski definition) is 9. The van der Waals surface area contributed by atoms with Crippen molar-refractivity contribution in [2.75, 3.05) is 24.6 Å². The Hall–Kier alpha value is -5.03. The van der Waals surface area contributed by atoms with Crippen LogP contribution in [0.1, 0.15) is 63.3 Å². The third-order valence-electron chi connectivity index (χ3n) is 8.57. The first-order chi connectivity index (χ1) is 23.1. The van der Waals surface area contributed by atoms with Gasteiger partial charge in [0.05, 0.1) is 39.5 Å². The second kappa shape index (κ2) is 14.0. The number of ether oxygens (including phenoxy) is 2. The number of anilines is 1. The summed E-state index contributed by atoms with van der Waals surface area (Å²) >= 11 is 1.19. The third-order valence-corrected chi connectivity index (χ3v) is 9.56. The number of carbonyl (C=O) groups excluding carboxylic acids is 1. The van der Waals surface area contributed by atoms with Gasteiger partial charge < -0.3 is 14.4 Å². The lowest BCUT2D eigenvalue weighted by Crippen LogP contribution is -2.40. The molecule has 0 spiro atoms. The van der Waals surface area contributed by atoms with Crippen molar-refractivity contribution < 1.29 is 19.2 Å². The van der Waals surface area contributed by atoms with Gasteiger partial charge in [-0.25, -0.2) is 9.79 Å². The van der Waals surface area contributed by atoms with Crippen LogP contribution in [0.25, 0.3) is 11.8 Å². The Balaban J connectivity index is 1.59. The smallest absolute Gasteiger partial charge is 0.338 e. The van der Waals surface area contributed by atoms with Crippen LogP contribution < -0.4 is 24.5 Å². The molecule has 0 radical (unpaired) electrons. The van der Waals surface area contributed by atoms with Gasteiger partial charge in [0.1, 0.15) is 5.75 Å². The van der Waals surface area contributed by atoms with Crippen LogP contribution in [0.4, 0.5) is 11.4 Å². The summed E-state index contributed by atoms with van der Waals surface area (Å²) in [5.74, 6) is 0.698.